The van der Waals surface area contributed by atoms with Gasteiger partial charge in [-0.25, -0.2) is 8.42 Å². The first-order chi connectivity index (χ1) is 9.86. The van der Waals surface area contributed by atoms with Gasteiger partial charge in [0.15, 0.2) is 0 Å². The number of rotatable bonds is 4. The predicted molar refractivity (Wildman–Crippen MR) is 82.1 cm³/mol. The second kappa shape index (κ2) is 6.40. The van der Waals surface area contributed by atoms with Crippen molar-refractivity contribution >= 4 is 25.6 Å². The number of hydrogen-bond acceptors (Lipinski definition) is 3. The fourth-order valence-electron chi connectivity index (χ4n) is 2.76. The number of hydrogen-bond donors (Lipinski definition) is 0. The summed E-state index contributed by atoms with van der Waals surface area (Å²) in [5.41, 5.74) is 0.395. The molecule has 0 aromatic carbocycles. The van der Waals surface area contributed by atoms with Gasteiger partial charge in [-0.05, 0) is 31.7 Å². The van der Waals surface area contributed by atoms with Gasteiger partial charge in [0.1, 0.15) is 10.6 Å². The highest BCUT2D eigenvalue weighted by atomic mass is 35.7. The van der Waals surface area contributed by atoms with E-state index in [1.54, 1.807) is 9.47 Å². The van der Waals surface area contributed by atoms with Crippen molar-refractivity contribution in [3.63, 3.8) is 0 Å². The third kappa shape index (κ3) is 3.61. The first-order valence-corrected chi connectivity index (χ1v) is 9.61. The normalized spacial score (nSPS) is 17.2. The Morgan fingerprint density at radius 3 is 2.43 bits per heavy atom. The Balaban J connectivity index is 2.21. The molecule has 0 atom stereocenters. The van der Waals surface area contributed by atoms with E-state index in [1.807, 2.05) is 6.92 Å². The van der Waals surface area contributed by atoms with Crippen molar-refractivity contribution in [3.05, 3.63) is 18.0 Å². The number of nitrogens with zero attached hydrogens (tertiary/aromatic N) is 2. The zero-order valence-corrected chi connectivity index (χ0v) is 14.0. The summed E-state index contributed by atoms with van der Waals surface area (Å²) in [6.45, 7) is 6.02. The van der Waals surface area contributed by atoms with Gasteiger partial charge in [-0.2, -0.15) is 0 Å². The van der Waals surface area contributed by atoms with Crippen molar-refractivity contribution in [2.45, 2.75) is 44.6 Å². The van der Waals surface area contributed by atoms with Gasteiger partial charge >= 0.3 is 0 Å². The molecular formula is C14H21ClN2O3S. The average molecular weight is 333 g/mol. The van der Waals surface area contributed by atoms with Crippen LogP contribution in [0, 0.1) is 5.92 Å². The zero-order valence-electron chi connectivity index (χ0n) is 12.4. The number of carbonyl (C=O) groups excluding carboxylic acids is 1. The standard InChI is InChI=1S/C14H21ClN2O3S/c1-3-11-5-7-17(8-6-11)14(18)13-9-12(21(15,19)20)10-16(13)4-2/h9-11H,3-8H2,1-2H3. The van der Waals surface area contributed by atoms with Gasteiger partial charge < -0.3 is 9.47 Å². The number of likely N-dealkylation sites (tertiary alicyclic amines) is 1. The molecule has 2 rings (SSSR count). The van der Waals surface area contributed by atoms with Gasteiger partial charge in [-0.15, -0.1) is 0 Å². The largest absolute Gasteiger partial charge is 0.342 e. The van der Waals surface area contributed by atoms with Crippen LogP contribution in [0.5, 0.6) is 0 Å². The zero-order chi connectivity index (χ0) is 15.6. The Hall–Kier alpha value is -1.01. The number of piperidine rings is 1. The van der Waals surface area contributed by atoms with Crippen LogP contribution in [-0.2, 0) is 15.6 Å². The molecule has 1 amide bonds. The minimum Gasteiger partial charge on any atom is -0.342 e. The SMILES string of the molecule is CCC1CCN(C(=O)c2cc(S(=O)(=O)Cl)cn2CC)CC1. The average Bonchev–Trinajstić information content (AvgIpc) is 2.91. The topological polar surface area (TPSA) is 59.4 Å². The van der Waals surface area contributed by atoms with E-state index in [0.29, 0.717) is 18.2 Å². The summed E-state index contributed by atoms with van der Waals surface area (Å²) < 4.78 is 24.5. The molecule has 0 unspecified atom stereocenters. The van der Waals surface area contributed by atoms with Crippen molar-refractivity contribution < 1.29 is 13.2 Å². The van der Waals surface area contributed by atoms with Gasteiger partial charge in [-0.3, -0.25) is 4.79 Å². The lowest BCUT2D eigenvalue weighted by molar-refractivity contribution is 0.0678. The van der Waals surface area contributed by atoms with Crippen LogP contribution in [0.3, 0.4) is 0 Å². The molecule has 2 heterocycles. The molecule has 1 aromatic heterocycles. The second-order valence-corrected chi connectivity index (χ2v) is 7.99. The van der Waals surface area contributed by atoms with E-state index in [1.165, 1.54) is 12.3 Å². The van der Waals surface area contributed by atoms with Gasteiger partial charge in [0, 0.05) is 36.5 Å². The second-order valence-electron chi connectivity index (χ2n) is 5.43. The molecule has 5 nitrogen and oxygen atoms in total. The highest BCUT2D eigenvalue weighted by molar-refractivity contribution is 8.13. The quantitative estimate of drug-likeness (QED) is 0.796. The molecule has 0 N–H and O–H groups in total. The molecule has 7 heteroatoms. The molecule has 21 heavy (non-hydrogen) atoms. The van der Waals surface area contributed by atoms with Crippen LogP contribution in [-0.4, -0.2) is 36.9 Å². The van der Waals surface area contributed by atoms with Crippen molar-refractivity contribution in [2.75, 3.05) is 13.1 Å². The molecule has 118 valence electrons. The van der Waals surface area contributed by atoms with Crippen molar-refractivity contribution in [1.29, 1.82) is 0 Å². The molecule has 0 spiro atoms. The van der Waals surface area contributed by atoms with Gasteiger partial charge in [0.2, 0.25) is 0 Å². The maximum atomic E-state index is 12.6. The molecular weight excluding hydrogens is 312 g/mol. The molecule has 1 aliphatic rings. The molecule has 1 aromatic rings. The van der Waals surface area contributed by atoms with Crippen molar-refractivity contribution in [2.24, 2.45) is 5.92 Å². The number of aromatic nitrogens is 1. The van der Waals surface area contributed by atoms with E-state index in [4.69, 9.17) is 10.7 Å². The lowest BCUT2D eigenvalue weighted by Gasteiger charge is -2.31. The summed E-state index contributed by atoms with van der Waals surface area (Å²) in [4.78, 5) is 14.4. The van der Waals surface area contributed by atoms with Crippen LogP contribution < -0.4 is 0 Å². The lowest BCUT2D eigenvalue weighted by Crippen LogP contribution is -2.39. The third-order valence-electron chi connectivity index (χ3n) is 4.19. The Labute approximate surface area is 130 Å². The summed E-state index contributed by atoms with van der Waals surface area (Å²) in [5, 5.41) is 0. The third-order valence-corrected chi connectivity index (χ3v) is 5.51. The molecule has 1 aliphatic heterocycles. The monoisotopic (exact) mass is 332 g/mol. The fourth-order valence-corrected chi connectivity index (χ4v) is 3.52. The minimum absolute atomic E-state index is 0.0159. The lowest BCUT2D eigenvalue weighted by atomic mass is 9.94. The van der Waals surface area contributed by atoms with E-state index in [-0.39, 0.29) is 10.8 Å². The van der Waals surface area contributed by atoms with E-state index >= 15 is 0 Å². The summed E-state index contributed by atoms with van der Waals surface area (Å²) in [5.74, 6) is 0.573. The van der Waals surface area contributed by atoms with Crippen LogP contribution in [0.25, 0.3) is 0 Å². The highest BCUT2D eigenvalue weighted by Crippen LogP contribution is 2.24. The van der Waals surface area contributed by atoms with Crippen LogP contribution in [0.4, 0.5) is 0 Å². The first-order valence-electron chi connectivity index (χ1n) is 7.30. The first kappa shape index (κ1) is 16.4. The van der Waals surface area contributed by atoms with E-state index in [0.717, 1.165) is 32.4 Å². The maximum absolute atomic E-state index is 12.6. The summed E-state index contributed by atoms with van der Waals surface area (Å²) in [7, 11) is 1.55. The molecule has 0 aliphatic carbocycles. The molecule has 0 radical (unpaired) electrons. The number of carbonyl (C=O) groups is 1. The Morgan fingerprint density at radius 2 is 1.95 bits per heavy atom. The summed E-state index contributed by atoms with van der Waals surface area (Å²) in [6, 6.07) is 1.38. The summed E-state index contributed by atoms with van der Waals surface area (Å²) in [6.07, 6.45) is 4.59. The number of aryl methyl sites for hydroxylation is 1. The Kier molecular flexibility index (Phi) is 4.99. The molecule has 1 fully saturated rings. The maximum Gasteiger partial charge on any atom is 0.270 e. The van der Waals surface area contributed by atoms with E-state index in [2.05, 4.69) is 6.92 Å². The van der Waals surface area contributed by atoms with Crippen LogP contribution in [0.2, 0.25) is 0 Å². The highest BCUT2D eigenvalue weighted by Gasteiger charge is 2.26. The van der Waals surface area contributed by atoms with Crippen LogP contribution >= 0.6 is 10.7 Å². The number of halogens is 1. The Morgan fingerprint density at radius 1 is 1.33 bits per heavy atom. The predicted octanol–water partition coefficient (Wildman–Crippen LogP) is 2.70. The fraction of sp³-hybridized carbons (Fsp3) is 0.643. The summed E-state index contributed by atoms with van der Waals surface area (Å²) >= 11 is 0. The smallest absolute Gasteiger partial charge is 0.270 e. The van der Waals surface area contributed by atoms with Crippen molar-refractivity contribution in [3.8, 4) is 0 Å². The van der Waals surface area contributed by atoms with E-state index < -0.39 is 9.05 Å². The van der Waals surface area contributed by atoms with Gasteiger partial charge in [-0.1, -0.05) is 13.3 Å². The molecule has 1 saturated heterocycles. The molecule has 0 saturated carbocycles. The minimum atomic E-state index is -3.81. The van der Waals surface area contributed by atoms with E-state index in [9.17, 15) is 13.2 Å². The van der Waals surface area contributed by atoms with Crippen LogP contribution in [0.1, 0.15) is 43.6 Å². The van der Waals surface area contributed by atoms with Gasteiger partial charge in [0.25, 0.3) is 15.0 Å². The number of amides is 1. The molecule has 0 bridgehead atoms. The van der Waals surface area contributed by atoms with Crippen molar-refractivity contribution in [1.82, 2.24) is 9.47 Å². The van der Waals surface area contributed by atoms with Crippen LogP contribution in [0.15, 0.2) is 17.2 Å². The van der Waals surface area contributed by atoms with Gasteiger partial charge in [0.05, 0.1) is 0 Å². The Bertz CT molecular complexity index is 616.